The molecule has 2 amide bonds. The molecule has 1 atom stereocenters. The molecule has 1 aliphatic heterocycles. The number of hydrogen-bond donors (Lipinski definition) is 2. The van der Waals surface area contributed by atoms with E-state index < -0.39 is 5.91 Å². The van der Waals surface area contributed by atoms with E-state index in [2.05, 4.69) is 31.2 Å². The molecule has 13 heteroatoms. The van der Waals surface area contributed by atoms with Crippen LogP contribution in [0.5, 0.6) is 5.75 Å². The first-order valence-corrected chi connectivity index (χ1v) is 16.7. The highest BCUT2D eigenvalue weighted by molar-refractivity contribution is 9.10. The number of carbonyl (C=O) groups is 2. The van der Waals surface area contributed by atoms with Crippen LogP contribution < -0.4 is 21.5 Å². The number of halogens is 2. The van der Waals surface area contributed by atoms with Crippen LogP contribution in [0.4, 0.5) is 5.82 Å². The first kappa shape index (κ1) is 31.6. The molecule has 0 spiro atoms. The number of nitrogens with one attached hydrogen (secondary N) is 1. The van der Waals surface area contributed by atoms with Gasteiger partial charge < -0.3 is 20.7 Å². The number of hydrogen-bond acceptors (Lipinski definition) is 7. The second kappa shape index (κ2) is 12.9. The summed E-state index contributed by atoms with van der Waals surface area (Å²) in [7, 11) is 0. The fourth-order valence-electron chi connectivity index (χ4n) is 5.91. The normalized spacial score (nSPS) is 15.6. The third kappa shape index (κ3) is 6.20. The van der Waals surface area contributed by atoms with Crippen LogP contribution in [0.1, 0.15) is 51.9 Å². The van der Waals surface area contributed by atoms with Gasteiger partial charge >= 0.3 is 5.69 Å². The van der Waals surface area contributed by atoms with E-state index in [0.717, 1.165) is 24.0 Å². The number of benzene rings is 3. The number of ether oxygens (including phenoxy) is 1. The average Bonchev–Trinajstić information content (AvgIpc) is 3.86. The number of amides is 2. The fraction of sp³-hybridized carbons (Fsp3) is 0.229. The SMILES string of the molecule is C[C@@H]1Cn2c(c(C(=O)NCc3ccccc3-c3cc(N)ncn3)n(-c3ccc(OC4CC4)cc3)c2=O)CN1C(=O)c1ccc(Br)c(Cl)c1. The Kier molecular flexibility index (Phi) is 8.52. The van der Waals surface area contributed by atoms with E-state index in [4.69, 9.17) is 22.1 Å². The zero-order chi connectivity index (χ0) is 33.5. The summed E-state index contributed by atoms with van der Waals surface area (Å²) in [6.07, 6.45) is 3.65. The van der Waals surface area contributed by atoms with Crippen LogP contribution in [0.3, 0.4) is 0 Å². The zero-order valence-electron chi connectivity index (χ0n) is 25.9. The molecule has 0 radical (unpaired) electrons. The van der Waals surface area contributed by atoms with Gasteiger partial charge in [0.2, 0.25) is 0 Å². The average molecular weight is 729 g/mol. The van der Waals surface area contributed by atoms with Crippen molar-refractivity contribution in [2.75, 3.05) is 5.73 Å². The molecule has 48 heavy (non-hydrogen) atoms. The van der Waals surface area contributed by atoms with Crippen molar-refractivity contribution in [3.63, 3.8) is 0 Å². The van der Waals surface area contributed by atoms with Crippen molar-refractivity contribution < 1.29 is 14.3 Å². The Hall–Kier alpha value is -4.94. The molecule has 0 unspecified atom stereocenters. The smallest absolute Gasteiger partial charge is 0.333 e. The van der Waals surface area contributed by atoms with Crippen molar-refractivity contribution in [1.82, 2.24) is 29.3 Å². The Bertz CT molecular complexity index is 2110. The van der Waals surface area contributed by atoms with Crippen LogP contribution in [0.15, 0.2) is 88.4 Å². The van der Waals surface area contributed by atoms with E-state index in [1.54, 1.807) is 58.0 Å². The first-order valence-electron chi connectivity index (χ1n) is 15.5. The van der Waals surface area contributed by atoms with Gasteiger partial charge in [-0.1, -0.05) is 35.9 Å². The summed E-state index contributed by atoms with van der Waals surface area (Å²) >= 11 is 9.69. The van der Waals surface area contributed by atoms with Gasteiger partial charge in [-0.2, -0.15) is 0 Å². The summed E-state index contributed by atoms with van der Waals surface area (Å²) in [4.78, 5) is 52.1. The van der Waals surface area contributed by atoms with Crippen molar-refractivity contribution in [3.8, 4) is 22.7 Å². The summed E-state index contributed by atoms with van der Waals surface area (Å²) in [6, 6.07) is 21.0. The topological polar surface area (TPSA) is 137 Å². The third-order valence-electron chi connectivity index (χ3n) is 8.53. The van der Waals surface area contributed by atoms with Gasteiger partial charge in [0.1, 0.15) is 23.6 Å². The number of imidazole rings is 1. The third-order valence-corrected chi connectivity index (χ3v) is 9.76. The molecule has 244 valence electrons. The van der Waals surface area contributed by atoms with E-state index in [1.165, 1.54) is 10.9 Å². The Morgan fingerprint density at radius 1 is 1.06 bits per heavy atom. The molecular formula is C35H31BrClN7O4. The maximum Gasteiger partial charge on any atom is 0.333 e. The largest absolute Gasteiger partial charge is 0.490 e. The number of nitrogens with two attached hydrogens (primary N) is 1. The van der Waals surface area contributed by atoms with Crippen LogP contribution in [0, 0.1) is 0 Å². The van der Waals surface area contributed by atoms with Gasteiger partial charge in [0, 0.05) is 40.8 Å². The minimum absolute atomic E-state index is 0.0400. The molecule has 1 fully saturated rings. The van der Waals surface area contributed by atoms with Crippen molar-refractivity contribution in [2.45, 2.75) is 51.5 Å². The fourth-order valence-corrected chi connectivity index (χ4v) is 6.34. The lowest BCUT2D eigenvalue weighted by Gasteiger charge is -2.34. The molecule has 2 aromatic heterocycles. The second-order valence-corrected chi connectivity index (χ2v) is 13.2. The maximum atomic E-state index is 14.2. The number of carbonyl (C=O) groups excluding carboxylic acids is 2. The maximum absolute atomic E-state index is 14.2. The predicted octanol–water partition coefficient (Wildman–Crippen LogP) is 5.61. The van der Waals surface area contributed by atoms with E-state index in [1.807, 2.05) is 31.2 Å². The quantitative estimate of drug-likeness (QED) is 0.212. The lowest BCUT2D eigenvalue weighted by molar-refractivity contribution is 0.0610. The highest BCUT2D eigenvalue weighted by Gasteiger charge is 2.35. The lowest BCUT2D eigenvalue weighted by atomic mass is 10.0. The molecule has 3 aromatic carbocycles. The molecule has 7 rings (SSSR count). The van der Waals surface area contributed by atoms with Gasteiger partial charge in [-0.25, -0.2) is 14.8 Å². The van der Waals surface area contributed by atoms with E-state index in [9.17, 15) is 14.4 Å². The Balaban J connectivity index is 1.26. The number of nitrogen functional groups attached to an aromatic ring is 1. The Morgan fingerprint density at radius 3 is 2.56 bits per heavy atom. The lowest BCUT2D eigenvalue weighted by Crippen LogP contribution is -2.47. The number of rotatable bonds is 8. The highest BCUT2D eigenvalue weighted by Crippen LogP contribution is 2.30. The van der Waals surface area contributed by atoms with Gasteiger partial charge in [0.15, 0.2) is 0 Å². The van der Waals surface area contributed by atoms with Crippen LogP contribution in [0.2, 0.25) is 5.02 Å². The summed E-state index contributed by atoms with van der Waals surface area (Å²) < 4.78 is 9.60. The van der Waals surface area contributed by atoms with Gasteiger partial charge in [0.05, 0.1) is 34.7 Å². The van der Waals surface area contributed by atoms with Gasteiger partial charge in [0.25, 0.3) is 11.8 Å². The molecular weight excluding hydrogens is 698 g/mol. The van der Waals surface area contributed by atoms with E-state index in [0.29, 0.717) is 43.7 Å². The number of nitrogens with zero attached hydrogens (tertiary/aromatic N) is 5. The van der Waals surface area contributed by atoms with Gasteiger partial charge in [-0.3, -0.25) is 18.7 Å². The van der Waals surface area contributed by atoms with E-state index in [-0.39, 0.29) is 49.1 Å². The molecule has 3 heterocycles. The van der Waals surface area contributed by atoms with Gasteiger partial charge in [-0.05, 0) is 83.7 Å². The Labute approximate surface area is 289 Å². The molecule has 2 aliphatic rings. The molecule has 0 saturated heterocycles. The standard InChI is InChI=1S/C35H31BrClN7O4/c1-20-17-43-30(18-42(20)34(46)21-6-13-27(36)28(37)14-21)32(44(35(43)47)23-7-9-24(10-8-23)48-25-11-12-25)33(45)39-16-22-4-2-3-5-26(22)29-15-31(38)41-19-40-29/h2-10,13-15,19-20,25H,11-12,16-18H2,1H3,(H,39,45)(H2,38,40,41)/t20-/m1/s1. The predicted molar refractivity (Wildman–Crippen MR) is 185 cm³/mol. The summed E-state index contributed by atoms with van der Waals surface area (Å²) in [5.41, 5.74) is 9.25. The Morgan fingerprint density at radius 2 is 1.83 bits per heavy atom. The zero-order valence-corrected chi connectivity index (χ0v) is 28.2. The highest BCUT2D eigenvalue weighted by atomic mass is 79.9. The van der Waals surface area contributed by atoms with Crippen molar-refractivity contribution >= 4 is 45.2 Å². The summed E-state index contributed by atoms with van der Waals surface area (Å²) in [5.74, 6) is 0.305. The first-order chi connectivity index (χ1) is 23.2. The van der Waals surface area contributed by atoms with Crippen LogP contribution in [0.25, 0.3) is 16.9 Å². The molecule has 1 saturated carbocycles. The molecule has 1 aliphatic carbocycles. The van der Waals surface area contributed by atoms with E-state index >= 15 is 0 Å². The van der Waals surface area contributed by atoms with Crippen molar-refractivity contribution in [1.29, 1.82) is 0 Å². The minimum atomic E-state index is -0.468. The van der Waals surface area contributed by atoms with Crippen LogP contribution >= 0.6 is 27.5 Å². The monoisotopic (exact) mass is 727 g/mol. The number of fused-ring (bicyclic) bond motifs is 1. The second-order valence-electron chi connectivity index (χ2n) is 11.9. The summed E-state index contributed by atoms with van der Waals surface area (Å²) in [5, 5.41) is 3.43. The molecule has 5 aromatic rings. The number of aromatic nitrogens is 4. The number of anilines is 1. The van der Waals surface area contributed by atoms with Gasteiger partial charge in [-0.15, -0.1) is 0 Å². The van der Waals surface area contributed by atoms with Crippen LogP contribution in [-0.4, -0.2) is 48.0 Å². The molecule has 0 bridgehead atoms. The van der Waals surface area contributed by atoms with Crippen molar-refractivity contribution in [2.24, 2.45) is 0 Å². The molecule has 11 nitrogen and oxygen atoms in total. The minimum Gasteiger partial charge on any atom is -0.490 e. The summed E-state index contributed by atoms with van der Waals surface area (Å²) in [6.45, 7) is 2.27. The van der Waals surface area contributed by atoms with Crippen LogP contribution in [-0.2, 0) is 19.6 Å². The van der Waals surface area contributed by atoms with Crippen molar-refractivity contribution in [3.05, 3.63) is 122 Å². The molecule has 3 N–H and O–H groups in total.